The Bertz CT molecular complexity index is 323. The second-order valence-corrected chi connectivity index (χ2v) is 5.80. The van der Waals surface area contributed by atoms with Gasteiger partial charge in [-0.2, -0.15) is 0 Å². The Hall–Kier alpha value is -0.690. The largest absolute Gasteiger partial charge is 0.480 e. The van der Waals surface area contributed by atoms with Gasteiger partial charge >= 0.3 is 5.97 Å². The summed E-state index contributed by atoms with van der Waals surface area (Å²) >= 11 is 0. The first kappa shape index (κ1) is 14.7. The highest BCUT2D eigenvalue weighted by molar-refractivity contribution is 5.78. The van der Waals surface area contributed by atoms with Crippen LogP contribution in [0.1, 0.15) is 19.8 Å². The summed E-state index contributed by atoms with van der Waals surface area (Å²) in [7, 11) is 3.33. The topological polar surface area (TPSA) is 71.0 Å². The first-order valence-corrected chi connectivity index (χ1v) is 6.77. The molecule has 1 heterocycles. The summed E-state index contributed by atoms with van der Waals surface area (Å²) in [5.74, 6) is -0.797. The molecule has 110 valence electrons. The summed E-state index contributed by atoms with van der Waals surface area (Å²) in [4.78, 5) is 13.6. The molecule has 0 amide bonds. The third-order valence-corrected chi connectivity index (χ3v) is 4.01. The van der Waals surface area contributed by atoms with Crippen molar-refractivity contribution in [1.82, 2.24) is 10.2 Å². The number of nitrogens with one attached hydrogen (secondary N) is 1. The number of likely N-dealkylation sites (tertiary alicyclic amines) is 1. The lowest BCUT2D eigenvalue weighted by atomic mass is 10.0. The van der Waals surface area contributed by atoms with Crippen LogP contribution in [0.3, 0.4) is 0 Å². The third-order valence-electron chi connectivity index (χ3n) is 4.01. The summed E-state index contributed by atoms with van der Waals surface area (Å²) < 4.78 is 10.8. The number of ether oxygens (including phenoxy) is 2. The number of nitrogens with zero attached hydrogens (tertiary/aromatic N) is 1. The number of rotatable bonds is 7. The van der Waals surface area contributed by atoms with E-state index < -0.39 is 11.5 Å². The lowest BCUT2D eigenvalue weighted by Crippen LogP contribution is -2.57. The lowest BCUT2D eigenvalue weighted by Gasteiger charge is -2.31. The van der Waals surface area contributed by atoms with E-state index in [1.54, 1.807) is 21.1 Å². The number of hydrogen-bond acceptors (Lipinski definition) is 5. The molecule has 1 aliphatic heterocycles. The van der Waals surface area contributed by atoms with Gasteiger partial charge in [-0.25, -0.2) is 0 Å². The lowest BCUT2D eigenvalue weighted by molar-refractivity contribution is -0.145. The number of carboxylic acid groups (broad SMARTS) is 1. The fourth-order valence-electron chi connectivity index (χ4n) is 2.70. The second-order valence-electron chi connectivity index (χ2n) is 5.80. The number of carboxylic acids is 1. The van der Waals surface area contributed by atoms with Crippen LogP contribution in [0.15, 0.2) is 0 Å². The van der Waals surface area contributed by atoms with E-state index >= 15 is 0 Å². The number of aliphatic carboxylic acids is 1. The second kappa shape index (κ2) is 5.75. The normalized spacial score (nSPS) is 31.3. The standard InChI is InChI=1S/C13H24N2O4/c1-13(12(16)17,14-9-4-5-9)8-15-6-10(18-2)11(7-15)19-3/h9-11,14H,4-8H2,1-3H3,(H,16,17). The van der Waals surface area contributed by atoms with Gasteiger partial charge in [0, 0.05) is 39.9 Å². The van der Waals surface area contributed by atoms with E-state index in [0.29, 0.717) is 25.7 Å². The van der Waals surface area contributed by atoms with Crippen LogP contribution >= 0.6 is 0 Å². The zero-order chi connectivity index (χ0) is 14.0. The number of methoxy groups -OCH3 is 2. The van der Waals surface area contributed by atoms with Crippen molar-refractivity contribution in [2.45, 2.75) is 43.6 Å². The highest BCUT2D eigenvalue weighted by atomic mass is 16.5. The predicted molar refractivity (Wildman–Crippen MR) is 70.2 cm³/mol. The van der Waals surface area contributed by atoms with E-state index in [-0.39, 0.29) is 12.2 Å². The van der Waals surface area contributed by atoms with Crippen molar-refractivity contribution in [1.29, 1.82) is 0 Å². The maximum Gasteiger partial charge on any atom is 0.324 e. The molecule has 3 unspecified atom stereocenters. The molecule has 2 fully saturated rings. The van der Waals surface area contributed by atoms with Crippen LogP contribution < -0.4 is 5.32 Å². The third kappa shape index (κ3) is 3.45. The van der Waals surface area contributed by atoms with Crippen LogP contribution in [-0.2, 0) is 14.3 Å². The maximum atomic E-state index is 11.5. The fourth-order valence-corrected chi connectivity index (χ4v) is 2.70. The van der Waals surface area contributed by atoms with Gasteiger partial charge in [-0.05, 0) is 19.8 Å². The van der Waals surface area contributed by atoms with E-state index in [4.69, 9.17) is 9.47 Å². The monoisotopic (exact) mass is 272 g/mol. The highest BCUT2D eigenvalue weighted by Crippen LogP contribution is 2.25. The van der Waals surface area contributed by atoms with Gasteiger partial charge in [0.1, 0.15) is 5.54 Å². The summed E-state index contributed by atoms with van der Waals surface area (Å²) in [5.41, 5.74) is -0.901. The van der Waals surface area contributed by atoms with Crippen LogP contribution in [0.5, 0.6) is 0 Å². The molecule has 1 saturated heterocycles. The van der Waals surface area contributed by atoms with Crippen molar-refractivity contribution < 1.29 is 19.4 Å². The molecule has 0 aromatic rings. The Morgan fingerprint density at radius 1 is 1.32 bits per heavy atom. The SMILES string of the molecule is COC1CN(CC(C)(NC2CC2)C(=O)O)CC1OC. The van der Waals surface area contributed by atoms with Crippen molar-refractivity contribution in [2.24, 2.45) is 0 Å². The molecule has 0 bridgehead atoms. The molecule has 1 saturated carbocycles. The van der Waals surface area contributed by atoms with Gasteiger partial charge in [0.2, 0.25) is 0 Å². The van der Waals surface area contributed by atoms with Crippen molar-refractivity contribution in [2.75, 3.05) is 33.9 Å². The minimum Gasteiger partial charge on any atom is -0.480 e. The van der Waals surface area contributed by atoms with Gasteiger partial charge < -0.3 is 14.6 Å². The van der Waals surface area contributed by atoms with Crippen LogP contribution in [0.4, 0.5) is 0 Å². The molecule has 2 aliphatic rings. The quantitative estimate of drug-likeness (QED) is 0.676. The Kier molecular flexibility index (Phi) is 4.45. The summed E-state index contributed by atoms with van der Waals surface area (Å²) in [6.45, 7) is 3.66. The minimum atomic E-state index is -0.901. The maximum absolute atomic E-state index is 11.5. The van der Waals surface area contributed by atoms with E-state index in [1.807, 2.05) is 0 Å². The van der Waals surface area contributed by atoms with Gasteiger partial charge in [0.25, 0.3) is 0 Å². The average Bonchev–Trinajstić information content (AvgIpc) is 3.07. The van der Waals surface area contributed by atoms with Gasteiger partial charge in [-0.1, -0.05) is 0 Å². The Balaban J connectivity index is 1.96. The highest BCUT2D eigenvalue weighted by Gasteiger charge is 2.43. The van der Waals surface area contributed by atoms with Gasteiger partial charge in [-0.3, -0.25) is 15.0 Å². The molecular weight excluding hydrogens is 248 g/mol. The zero-order valence-corrected chi connectivity index (χ0v) is 11.9. The minimum absolute atomic E-state index is 0.0176. The average molecular weight is 272 g/mol. The van der Waals surface area contributed by atoms with E-state index in [0.717, 1.165) is 12.8 Å². The fraction of sp³-hybridized carbons (Fsp3) is 0.923. The van der Waals surface area contributed by atoms with E-state index in [9.17, 15) is 9.90 Å². The van der Waals surface area contributed by atoms with E-state index in [1.165, 1.54) is 0 Å². The molecule has 0 radical (unpaired) electrons. The van der Waals surface area contributed by atoms with Crippen LogP contribution in [0.2, 0.25) is 0 Å². The van der Waals surface area contributed by atoms with Crippen molar-refractivity contribution in [3.05, 3.63) is 0 Å². The Morgan fingerprint density at radius 3 is 2.21 bits per heavy atom. The number of carbonyl (C=O) groups is 1. The summed E-state index contributed by atoms with van der Waals surface area (Å²) in [6, 6.07) is 0.361. The van der Waals surface area contributed by atoms with Gasteiger partial charge in [-0.15, -0.1) is 0 Å². The van der Waals surface area contributed by atoms with Crippen LogP contribution in [-0.4, -0.2) is 73.6 Å². The van der Waals surface area contributed by atoms with Gasteiger partial charge in [0.05, 0.1) is 12.2 Å². The Morgan fingerprint density at radius 2 is 1.84 bits per heavy atom. The molecule has 0 aromatic carbocycles. The molecule has 19 heavy (non-hydrogen) atoms. The number of hydrogen-bond donors (Lipinski definition) is 2. The van der Waals surface area contributed by atoms with Crippen LogP contribution in [0, 0.1) is 0 Å². The van der Waals surface area contributed by atoms with Crippen molar-refractivity contribution in [3.63, 3.8) is 0 Å². The van der Waals surface area contributed by atoms with E-state index in [2.05, 4.69) is 10.2 Å². The smallest absolute Gasteiger partial charge is 0.324 e. The molecule has 1 aliphatic carbocycles. The van der Waals surface area contributed by atoms with Crippen molar-refractivity contribution >= 4 is 5.97 Å². The molecule has 6 heteroatoms. The first-order chi connectivity index (χ1) is 8.98. The van der Waals surface area contributed by atoms with Crippen LogP contribution in [0.25, 0.3) is 0 Å². The molecule has 6 nitrogen and oxygen atoms in total. The Labute approximate surface area is 114 Å². The summed E-state index contributed by atoms with van der Waals surface area (Å²) in [5, 5.41) is 12.7. The molecule has 2 N–H and O–H groups in total. The molecular formula is C13H24N2O4. The molecule has 2 rings (SSSR count). The molecule has 0 aromatic heterocycles. The summed E-state index contributed by atoms with van der Waals surface area (Å²) in [6.07, 6.45) is 2.18. The molecule has 3 atom stereocenters. The zero-order valence-electron chi connectivity index (χ0n) is 11.9. The van der Waals surface area contributed by atoms with Gasteiger partial charge in [0.15, 0.2) is 0 Å². The first-order valence-electron chi connectivity index (χ1n) is 6.77. The molecule has 0 spiro atoms. The predicted octanol–water partition coefficient (Wildman–Crippen LogP) is -0.0727. The van der Waals surface area contributed by atoms with Crippen molar-refractivity contribution in [3.8, 4) is 0 Å².